The summed E-state index contributed by atoms with van der Waals surface area (Å²) in [6, 6.07) is 7.10. The Morgan fingerprint density at radius 2 is 1.96 bits per heavy atom. The Morgan fingerprint density at radius 1 is 1.25 bits per heavy atom. The molecule has 2 aromatic rings. The van der Waals surface area contributed by atoms with Crippen molar-refractivity contribution in [2.45, 2.75) is 6.54 Å². The van der Waals surface area contributed by atoms with Gasteiger partial charge in [0.25, 0.3) is 5.91 Å². The van der Waals surface area contributed by atoms with Crippen LogP contribution in [0, 0.1) is 0 Å². The predicted octanol–water partition coefficient (Wildman–Crippen LogP) is -0.217. The number of rotatable bonds is 5. The Labute approximate surface area is 137 Å². The van der Waals surface area contributed by atoms with Gasteiger partial charge in [0.1, 0.15) is 11.4 Å². The van der Waals surface area contributed by atoms with Crippen molar-refractivity contribution < 1.29 is 19.1 Å². The minimum atomic E-state index is -0.930. The number of para-hydroxylation sites is 1. The number of nitrogens with two attached hydrogens (primary N) is 1. The van der Waals surface area contributed by atoms with E-state index in [-0.39, 0.29) is 17.9 Å². The summed E-state index contributed by atoms with van der Waals surface area (Å²) >= 11 is 0. The lowest BCUT2D eigenvalue weighted by molar-refractivity contribution is -0.136. The van der Waals surface area contributed by atoms with E-state index in [1.165, 1.54) is 25.0 Å². The fourth-order valence-electron chi connectivity index (χ4n) is 2.11. The number of methoxy groups -OCH3 is 1. The van der Waals surface area contributed by atoms with Crippen molar-refractivity contribution >= 4 is 23.4 Å². The average molecular weight is 331 g/mol. The molecule has 0 unspecified atom stereocenters. The lowest BCUT2D eigenvalue weighted by Gasteiger charge is -2.09. The van der Waals surface area contributed by atoms with Gasteiger partial charge in [-0.25, -0.2) is 0 Å². The molecule has 1 aromatic heterocycles. The Kier molecular flexibility index (Phi) is 5.15. The monoisotopic (exact) mass is 331 g/mol. The molecule has 2 rings (SSSR count). The van der Waals surface area contributed by atoms with Gasteiger partial charge in [0.2, 0.25) is 0 Å². The Hall–Kier alpha value is -3.36. The number of ether oxygens (including phenoxy) is 1. The first kappa shape index (κ1) is 17.0. The first-order valence-electron chi connectivity index (χ1n) is 6.97. The van der Waals surface area contributed by atoms with Crippen LogP contribution in [-0.4, -0.2) is 34.6 Å². The molecule has 24 heavy (non-hydrogen) atoms. The fourth-order valence-corrected chi connectivity index (χ4v) is 2.11. The number of nitrogens with one attached hydrogen (secondary N) is 2. The van der Waals surface area contributed by atoms with Crippen LogP contribution in [-0.2, 0) is 23.2 Å². The van der Waals surface area contributed by atoms with E-state index in [1.54, 1.807) is 24.3 Å². The van der Waals surface area contributed by atoms with E-state index >= 15 is 0 Å². The number of benzene rings is 1. The molecule has 0 aliphatic rings. The van der Waals surface area contributed by atoms with Gasteiger partial charge in [0.05, 0.1) is 19.0 Å². The van der Waals surface area contributed by atoms with E-state index in [0.29, 0.717) is 5.75 Å². The first-order chi connectivity index (χ1) is 11.4. The highest BCUT2D eigenvalue weighted by molar-refractivity contribution is 6.39. The van der Waals surface area contributed by atoms with Crippen LogP contribution >= 0.6 is 0 Å². The summed E-state index contributed by atoms with van der Waals surface area (Å²) in [5, 5.41) is 8.61. The molecule has 1 aromatic carbocycles. The summed E-state index contributed by atoms with van der Waals surface area (Å²) in [6.45, 7) is 0.117. The van der Waals surface area contributed by atoms with Gasteiger partial charge in [-0.1, -0.05) is 18.2 Å². The van der Waals surface area contributed by atoms with E-state index in [2.05, 4.69) is 15.7 Å². The molecule has 9 heteroatoms. The fraction of sp³-hybridized carbons (Fsp3) is 0.200. The molecule has 0 aliphatic heterocycles. The molecule has 0 atom stereocenters. The zero-order valence-corrected chi connectivity index (χ0v) is 13.2. The Balaban J connectivity index is 2.01. The van der Waals surface area contributed by atoms with Gasteiger partial charge in [0.15, 0.2) is 0 Å². The molecular weight excluding hydrogens is 314 g/mol. The number of carbonyl (C=O) groups excluding carboxylic acids is 3. The number of aromatic nitrogens is 2. The predicted molar refractivity (Wildman–Crippen MR) is 85.2 cm³/mol. The van der Waals surface area contributed by atoms with Crippen LogP contribution in [0.4, 0.5) is 5.69 Å². The average Bonchev–Trinajstić information content (AvgIpc) is 2.93. The molecule has 126 valence electrons. The molecule has 0 spiro atoms. The van der Waals surface area contributed by atoms with Crippen LogP contribution in [0.5, 0.6) is 5.75 Å². The largest absolute Gasteiger partial charge is 0.496 e. The molecular formula is C15H17N5O4. The second kappa shape index (κ2) is 7.27. The van der Waals surface area contributed by atoms with E-state index < -0.39 is 17.7 Å². The summed E-state index contributed by atoms with van der Waals surface area (Å²) < 4.78 is 6.38. The number of anilines is 1. The maximum atomic E-state index is 11.9. The number of hydrogen-bond acceptors (Lipinski definition) is 5. The topological polar surface area (TPSA) is 128 Å². The third-order valence-corrected chi connectivity index (χ3v) is 3.26. The summed E-state index contributed by atoms with van der Waals surface area (Å²) in [7, 11) is 3.01. The zero-order valence-electron chi connectivity index (χ0n) is 13.2. The summed E-state index contributed by atoms with van der Waals surface area (Å²) in [4.78, 5) is 35.2. The molecule has 0 radical (unpaired) electrons. The second-order valence-corrected chi connectivity index (χ2v) is 4.84. The molecule has 9 nitrogen and oxygen atoms in total. The van der Waals surface area contributed by atoms with Gasteiger partial charge in [-0.15, -0.1) is 0 Å². The van der Waals surface area contributed by atoms with E-state index in [0.717, 1.165) is 5.56 Å². The third-order valence-electron chi connectivity index (χ3n) is 3.26. The maximum Gasteiger partial charge on any atom is 0.313 e. The smallest absolute Gasteiger partial charge is 0.313 e. The van der Waals surface area contributed by atoms with Gasteiger partial charge in [0, 0.05) is 19.2 Å². The number of aryl methyl sites for hydroxylation is 1. The summed E-state index contributed by atoms with van der Waals surface area (Å²) in [5.41, 5.74) is 6.01. The van der Waals surface area contributed by atoms with E-state index in [4.69, 9.17) is 10.5 Å². The van der Waals surface area contributed by atoms with Crippen molar-refractivity contribution in [2.75, 3.05) is 12.4 Å². The van der Waals surface area contributed by atoms with Crippen LogP contribution in [0.2, 0.25) is 0 Å². The number of nitrogens with zero attached hydrogens (tertiary/aromatic N) is 2. The van der Waals surface area contributed by atoms with Crippen molar-refractivity contribution in [1.29, 1.82) is 0 Å². The van der Waals surface area contributed by atoms with Crippen molar-refractivity contribution in [3.8, 4) is 5.75 Å². The molecule has 1 heterocycles. The number of hydrogen-bond donors (Lipinski definition) is 3. The highest BCUT2D eigenvalue weighted by Crippen LogP contribution is 2.17. The van der Waals surface area contributed by atoms with Gasteiger partial charge in [-0.05, 0) is 6.07 Å². The maximum absolute atomic E-state index is 11.9. The minimum absolute atomic E-state index is 0.000814. The van der Waals surface area contributed by atoms with Crippen LogP contribution in [0.1, 0.15) is 16.1 Å². The Bertz CT molecular complexity index is 784. The minimum Gasteiger partial charge on any atom is -0.496 e. The molecule has 0 saturated carbocycles. The lowest BCUT2D eigenvalue weighted by atomic mass is 10.2. The van der Waals surface area contributed by atoms with Gasteiger partial charge >= 0.3 is 11.8 Å². The third kappa shape index (κ3) is 3.69. The number of carbonyl (C=O) groups is 3. The van der Waals surface area contributed by atoms with Crippen molar-refractivity contribution in [3.05, 3.63) is 41.7 Å². The second-order valence-electron chi connectivity index (χ2n) is 4.84. The summed E-state index contributed by atoms with van der Waals surface area (Å²) in [6.07, 6.45) is 1.24. The zero-order chi connectivity index (χ0) is 17.7. The SMILES string of the molecule is COc1ccccc1CNC(=O)C(=O)Nc1cnn(C)c1C(N)=O. The van der Waals surface area contributed by atoms with Crippen LogP contribution in [0.15, 0.2) is 30.5 Å². The molecule has 0 saturated heterocycles. The lowest BCUT2D eigenvalue weighted by Crippen LogP contribution is -2.35. The van der Waals surface area contributed by atoms with E-state index in [1.807, 2.05) is 0 Å². The van der Waals surface area contributed by atoms with Crippen molar-refractivity contribution in [2.24, 2.45) is 12.8 Å². The molecule has 0 bridgehead atoms. The molecule has 0 aliphatic carbocycles. The van der Waals surface area contributed by atoms with Gasteiger partial charge in [-0.3, -0.25) is 19.1 Å². The normalized spacial score (nSPS) is 10.1. The quantitative estimate of drug-likeness (QED) is 0.653. The standard InChI is InChI=1S/C15H17N5O4/c1-20-12(13(16)21)10(8-18-20)19-15(23)14(22)17-7-9-5-3-4-6-11(9)24-2/h3-6,8H,7H2,1-2H3,(H2,16,21)(H,17,22)(H,19,23). The summed E-state index contributed by atoms with van der Waals surface area (Å²) in [5.74, 6) is -1.96. The van der Waals surface area contributed by atoms with Gasteiger partial charge in [-0.2, -0.15) is 5.10 Å². The number of amides is 3. The van der Waals surface area contributed by atoms with Crippen LogP contribution in [0.3, 0.4) is 0 Å². The highest BCUT2D eigenvalue weighted by Gasteiger charge is 2.20. The van der Waals surface area contributed by atoms with Crippen molar-refractivity contribution in [1.82, 2.24) is 15.1 Å². The number of primary amides is 1. The van der Waals surface area contributed by atoms with E-state index in [9.17, 15) is 14.4 Å². The van der Waals surface area contributed by atoms with Crippen LogP contribution in [0.25, 0.3) is 0 Å². The van der Waals surface area contributed by atoms with Crippen LogP contribution < -0.4 is 21.1 Å². The highest BCUT2D eigenvalue weighted by atomic mass is 16.5. The molecule has 0 fully saturated rings. The van der Waals surface area contributed by atoms with Crippen molar-refractivity contribution in [3.63, 3.8) is 0 Å². The molecule has 3 amide bonds. The van der Waals surface area contributed by atoms with Gasteiger partial charge < -0.3 is 21.1 Å². The Morgan fingerprint density at radius 3 is 2.62 bits per heavy atom. The first-order valence-corrected chi connectivity index (χ1v) is 6.97. The molecule has 4 N–H and O–H groups in total.